The molecule has 2 atom stereocenters. The zero-order valence-corrected chi connectivity index (χ0v) is 11.9. The number of hydrogen-bond donors (Lipinski definition) is 1. The number of alkyl halides is 2. The third-order valence-corrected chi connectivity index (χ3v) is 3.90. The lowest BCUT2D eigenvalue weighted by atomic mass is 9.93. The van der Waals surface area contributed by atoms with Crippen LogP contribution in [0.1, 0.15) is 41.7 Å². The van der Waals surface area contributed by atoms with Gasteiger partial charge in [0.15, 0.2) is 0 Å². The van der Waals surface area contributed by atoms with E-state index < -0.39 is 6.43 Å². The minimum Gasteiger partial charge on any atom is -0.485 e. The minimum absolute atomic E-state index is 0.00559. The number of rotatable bonds is 2. The number of halogens is 3. The Morgan fingerprint density at radius 3 is 2.52 bits per heavy atom. The standard InChI is InChI=1S/C16H14ClF2NO/c17-11-5-6-14-12(7-11)13(20)8-15(21-14)9-1-3-10(4-2-9)16(18)19/h1-7,13,15-16H,8,20H2/t13-,15?/m1/s1. The van der Waals surface area contributed by atoms with Gasteiger partial charge in [0.2, 0.25) is 0 Å². The highest BCUT2D eigenvalue weighted by atomic mass is 35.5. The van der Waals surface area contributed by atoms with Gasteiger partial charge in [0.25, 0.3) is 6.43 Å². The van der Waals surface area contributed by atoms with E-state index in [1.54, 1.807) is 30.3 Å². The molecule has 0 fully saturated rings. The minimum atomic E-state index is -2.46. The van der Waals surface area contributed by atoms with Crippen molar-refractivity contribution in [2.45, 2.75) is 25.0 Å². The molecule has 2 nitrogen and oxygen atoms in total. The lowest BCUT2D eigenvalue weighted by Gasteiger charge is -2.30. The first-order valence-corrected chi connectivity index (χ1v) is 7.02. The van der Waals surface area contributed by atoms with Crippen LogP contribution in [0.5, 0.6) is 5.75 Å². The number of fused-ring (bicyclic) bond motifs is 1. The maximum absolute atomic E-state index is 12.6. The van der Waals surface area contributed by atoms with Gasteiger partial charge in [0, 0.05) is 28.6 Å². The van der Waals surface area contributed by atoms with Gasteiger partial charge in [0.1, 0.15) is 11.9 Å². The van der Waals surface area contributed by atoms with Crippen LogP contribution in [0.2, 0.25) is 5.02 Å². The van der Waals surface area contributed by atoms with Crippen LogP contribution < -0.4 is 10.5 Å². The Hall–Kier alpha value is -1.65. The second-order valence-corrected chi connectivity index (χ2v) is 5.53. The molecular weight excluding hydrogens is 296 g/mol. The molecule has 0 radical (unpaired) electrons. The van der Waals surface area contributed by atoms with Crippen LogP contribution in [0, 0.1) is 0 Å². The zero-order valence-electron chi connectivity index (χ0n) is 11.1. The molecule has 3 rings (SSSR count). The molecule has 5 heteroatoms. The fourth-order valence-electron chi connectivity index (χ4n) is 2.54. The van der Waals surface area contributed by atoms with E-state index in [1.807, 2.05) is 0 Å². The summed E-state index contributed by atoms with van der Waals surface area (Å²) in [5, 5.41) is 0.618. The van der Waals surface area contributed by atoms with Gasteiger partial charge >= 0.3 is 0 Å². The number of ether oxygens (including phenoxy) is 1. The molecule has 21 heavy (non-hydrogen) atoms. The SMILES string of the molecule is N[C@@H]1CC(c2ccc(C(F)F)cc2)Oc2ccc(Cl)cc21. The Morgan fingerprint density at radius 2 is 1.86 bits per heavy atom. The van der Waals surface area contributed by atoms with E-state index in [0.29, 0.717) is 17.2 Å². The number of nitrogens with two attached hydrogens (primary N) is 1. The van der Waals surface area contributed by atoms with Crippen LogP contribution in [0.4, 0.5) is 8.78 Å². The van der Waals surface area contributed by atoms with Crippen molar-refractivity contribution in [1.29, 1.82) is 0 Å². The van der Waals surface area contributed by atoms with Gasteiger partial charge in [-0.15, -0.1) is 0 Å². The predicted molar refractivity (Wildman–Crippen MR) is 77.8 cm³/mol. The molecule has 0 aromatic heterocycles. The smallest absolute Gasteiger partial charge is 0.263 e. The quantitative estimate of drug-likeness (QED) is 0.864. The van der Waals surface area contributed by atoms with E-state index in [1.165, 1.54) is 12.1 Å². The van der Waals surface area contributed by atoms with Crippen LogP contribution in [0.25, 0.3) is 0 Å². The lowest BCUT2D eigenvalue weighted by molar-refractivity contribution is 0.150. The number of benzene rings is 2. The summed E-state index contributed by atoms with van der Waals surface area (Å²) in [4.78, 5) is 0. The van der Waals surface area contributed by atoms with E-state index in [0.717, 1.165) is 11.1 Å². The average molecular weight is 310 g/mol. The second-order valence-electron chi connectivity index (χ2n) is 5.10. The fourth-order valence-corrected chi connectivity index (χ4v) is 2.72. The summed E-state index contributed by atoms with van der Waals surface area (Å²) in [5.41, 5.74) is 7.89. The van der Waals surface area contributed by atoms with Gasteiger partial charge in [-0.3, -0.25) is 0 Å². The first-order valence-electron chi connectivity index (χ1n) is 6.64. The maximum atomic E-state index is 12.6. The Bertz CT molecular complexity index is 645. The molecule has 0 spiro atoms. The summed E-state index contributed by atoms with van der Waals surface area (Å²) in [6.07, 6.45) is -2.11. The van der Waals surface area contributed by atoms with Crippen molar-refractivity contribution >= 4 is 11.6 Å². The van der Waals surface area contributed by atoms with E-state index in [2.05, 4.69) is 0 Å². The largest absolute Gasteiger partial charge is 0.485 e. The van der Waals surface area contributed by atoms with Gasteiger partial charge < -0.3 is 10.5 Å². The molecule has 110 valence electrons. The van der Waals surface area contributed by atoms with Crippen LogP contribution in [-0.2, 0) is 0 Å². The van der Waals surface area contributed by atoms with Gasteiger partial charge in [-0.05, 0) is 23.8 Å². The Kier molecular flexibility index (Phi) is 3.83. The average Bonchev–Trinajstić information content (AvgIpc) is 2.48. The molecule has 0 amide bonds. The highest BCUT2D eigenvalue weighted by Gasteiger charge is 2.27. The van der Waals surface area contributed by atoms with E-state index in [-0.39, 0.29) is 17.7 Å². The van der Waals surface area contributed by atoms with Gasteiger partial charge in [0.05, 0.1) is 0 Å². The van der Waals surface area contributed by atoms with E-state index in [4.69, 9.17) is 22.1 Å². The molecule has 2 N–H and O–H groups in total. The monoisotopic (exact) mass is 309 g/mol. The van der Waals surface area contributed by atoms with Crippen LogP contribution in [0.3, 0.4) is 0 Å². The third kappa shape index (κ3) is 2.87. The summed E-state index contributed by atoms with van der Waals surface area (Å²) in [5.74, 6) is 0.695. The molecule has 0 saturated heterocycles. The van der Waals surface area contributed by atoms with Crippen molar-refractivity contribution in [2.24, 2.45) is 5.73 Å². The van der Waals surface area contributed by atoms with Crippen molar-refractivity contribution in [3.05, 3.63) is 64.2 Å². The van der Waals surface area contributed by atoms with Gasteiger partial charge in [-0.2, -0.15) is 0 Å². The van der Waals surface area contributed by atoms with Crippen LogP contribution in [0.15, 0.2) is 42.5 Å². The Balaban J connectivity index is 1.86. The summed E-state index contributed by atoms with van der Waals surface area (Å²) in [6.45, 7) is 0. The molecule has 0 saturated carbocycles. The maximum Gasteiger partial charge on any atom is 0.263 e. The highest BCUT2D eigenvalue weighted by molar-refractivity contribution is 6.30. The zero-order chi connectivity index (χ0) is 15.0. The molecule has 0 aliphatic carbocycles. The Labute approximate surface area is 126 Å². The van der Waals surface area contributed by atoms with E-state index >= 15 is 0 Å². The summed E-state index contributed by atoms with van der Waals surface area (Å²) >= 11 is 5.96. The van der Waals surface area contributed by atoms with Gasteiger partial charge in [-0.1, -0.05) is 35.9 Å². The molecule has 1 aliphatic heterocycles. The normalized spacial score (nSPS) is 21.0. The van der Waals surface area contributed by atoms with E-state index in [9.17, 15) is 8.78 Å². The van der Waals surface area contributed by atoms with Crippen LogP contribution >= 0.6 is 11.6 Å². The topological polar surface area (TPSA) is 35.2 Å². The first-order chi connectivity index (χ1) is 10.0. The lowest BCUT2D eigenvalue weighted by Crippen LogP contribution is -2.24. The highest BCUT2D eigenvalue weighted by Crippen LogP contribution is 2.40. The summed E-state index contributed by atoms with van der Waals surface area (Å²) in [7, 11) is 0. The van der Waals surface area contributed by atoms with Gasteiger partial charge in [-0.25, -0.2) is 8.78 Å². The fraction of sp³-hybridized carbons (Fsp3) is 0.250. The van der Waals surface area contributed by atoms with Crippen molar-refractivity contribution in [1.82, 2.24) is 0 Å². The number of hydrogen-bond acceptors (Lipinski definition) is 2. The first kappa shape index (κ1) is 14.3. The summed E-state index contributed by atoms with van der Waals surface area (Å²) < 4.78 is 31.1. The van der Waals surface area contributed by atoms with Crippen molar-refractivity contribution < 1.29 is 13.5 Å². The molecule has 2 aromatic rings. The molecular formula is C16H14ClF2NO. The summed E-state index contributed by atoms with van der Waals surface area (Å²) in [6, 6.07) is 11.3. The molecule has 1 aliphatic rings. The van der Waals surface area contributed by atoms with Crippen molar-refractivity contribution in [3.8, 4) is 5.75 Å². The molecule has 1 heterocycles. The van der Waals surface area contributed by atoms with Crippen molar-refractivity contribution in [3.63, 3.8) is 0 Å². The molecule has 2 aromatic carbocycles. The molecule has 1 unspecified atom stereocenters. The Morgan fingerprint density at radius 1 is 1.14 bits per heavy atom. The van der Waals surface area contributed by atoms with Crippen molar-refractivity contribution in [2.75, 3.05) is 0 Å². The molecule has 0 bridgehead atoms. The van der Waals surface area contributed by atoms with Crippen LogP contribution in [-0.4, -0.2) is 0 Å². The predicted octanol–water partition coefficient (Wildman–Crippen LogP) is 4.80. The third-order valence-electron chi connectivity index (χ3n) is 3.67. The second kappa shape index (κ2) is 5.62.